The van der Waals surface area contributed by atoms with E-state index < -0.39 is 0 Å². The van der Waals surface area contributed by atoms with Crippen molar-refractivity contribution in [2.45, 2.75) is 6.54 Å². The highest BCUT2D eigenvalue weighted by molar-refractivity contribution is 7.80. The number of hydrogen-bond donors (Lipinski definition) is 2. The number of thiocarbonyl (C=S) groups is 1. The van der Waals surface area contributed by atoms with E-state index in [0.29, 0.717) is 17.3 Å². The van der Waals surface area contributed by atoms with Crippen molar-refractivity contribution >= 4 is 23.1 Å². The average Bonchev–Trinajstić information content (AvgIpc) is 2.88. The third-order valence-electron chi connectivity index (χ3n) is 2.87. The first-order valence-electron chi connectivity index (χ1n) is 6.32. The van der Waals surface area contributed by atoms with Crippen LogP contribution in [0.2, 0.25) is 0 Å². The fourth-order valence-corrected chi connectivity index (χ4v) is 1.80. The largest absolute Gasteiger partial charge is 0.484 e. The van der Waals surface area contributed by atoms with Crippen molar-refractivity contribution in [1.29, 1.82) is 0 Å². The molecular weight excluding hydrogens is 288 g/mol. The third kappa shape index (κ3) is 4.28. The Bertz CT molecular complexity index is 637. The molecule has 2 rings (SSSR count). The molecule has 0 bridgehead atoms. The molecule has 0 fully saturated rings. The average molecular weight is 304 g/mol. The van der Waals surface area contributed by atoms with Crippen molar-refractivity contribution in [2.75, 3.05) is 6.61 Å². The van der Waals surface area contributed by atoms with Crippen LogP contribution in [0.1, 0.15) is 11.4 Å². The first-order chi connectivity index (χ1) is 10.1. The number of benzene rings is 1. The van der Waals surface area contributed by atoms with E-state index in [1.165, 1.54) is 0 Å². The van der Waals surface area contributed by atoms with Gasteiger partial charge < -0.3 is 20.4 Å². The Hall–Kier alpha value is -2.41. The summed E-state index contributed by atoms with van der Waals surface area (Å²) in [6.07, 6.45) is 3.50. The number of nitrogens with two attached hydrogens (primary N) is 1. The number of carbonyl (C=O) groups is 1. The first kappa shape index (κ1) is 15.0. The number of ether oxygens (including phenoxy) is 1. The summed E-state index contributed by atoms with van der Waals surface area (Å²) in [5.74, 6) is 1.16. The van der Waals surface area contributed by atoms with Crippen LogP contribution in [0.15, 0.2) is 36.7 Å². The lowest BCUT2D eigenvalue weighted by atomic mass is 10.2. The number of imidazole rings is 1. The van der Waals surface area contributed by atoms with Gasteiger partial charge in [0.15, 0.2) is 6.61 Å². The van der Waals surface area contributed by atoms with E-state index in [1.54, 1.807) is 30.5 Å². The van der Waals surface area contributed by atoms with Crippen LogP contribution in [0.5, 0.6) is 5.75 Å². The van der Waals surface area contributed by atoms with Gasteiger partial charge in [-0.2, -0.15) is 0 Å². The standard InChI is InChI=1S/C14H16N4O2S/c1-18-7-6-16-12(18)8-17-13(19)9-20-11-4-2-10(3-5-11)14(15)21/h2-7H,8-9H2,1H3,(H2,15,21)(H,17,19). The second kappa shape index (κ2) is 6.85. The molecule has 0 aliphatic heterocycles. The van der Waals surface area contributed by atoms with Crippen LogP contribution in [0.25, 0.3) is 0 Å². The van der Waals surface area contributed by atoms with Crippen molar-refractivity contribution < 1.29 is 9.53 Å². The summed E-state index contributed by atoms with van der Waals surface area (Å²) >= 11 is 4.86. The number of carbonyl (C=O) groups excluding carboxylic acids is 1. The fraction of sp³-hybridized carbons (Fsp3) is 0.214. The second-order valence-electron chi connectivity index (χ2n) is 4.41. The second-order valence-corrected chi connectivity index (χ2v) is 4.85. The van der Waals surface area contributed by atoms with Crippen LogP contribution in [-0.4, -0.2) is 27.1 Å². The van der Waals surface area contributed by atoms with Gasteiger partial charge in [0.2, 0.25) is 0 Å². The predicted molar refractivity (Wildman–Crippen MR) is 82.9 cm³/mol. The molecule has 1 heterocycles. The molecule has 21 heavy (non-hydrogen) atoms. The minimum absolute atomic E-state index is 0.0587. The van der Waals surface area contributed by atoms with E-state index in [2.05, 4.69) is 10.3 Å². The highest BCUT2D eigenvalue weighted by atomic mass is 32.1. The summed E-state index contributed by atoms with van der Waals surface area (Å²) in [5, 5.41) is 2.74. The Kier molecular flexibility index (Phi) is 4.89. The Morgan fingerprint density at radius 2 is 2.14 bits per heavy atom. The van der Waals surface area contributed by atoms with E-state index in [1.807, 2.05) is 17.8 Å². The quantitative estimate of drug-likeness (QED) is 0.770. The Balaban J connectivity index is 1.78. The summed E-state index contributed by atoms with van der Waals surface area (Å²) in [7, 11) is 1.87. The van der Waals surface area contributed by atoms with Gasteiger partial charge in [0, 0.05) is 25.0 Å². The fourth-order valence-electron chi connectivity index (χ4n) is 1.66. The molecule has 0 aliphatic carbocycles. The normalized spacial score (nSPS) is 10.1. The molecule has 1 aromatic carbocycles. The molecule has 0 saturated heterocycles. The van der Waals surface area contributed by atoms with Gasteiger partial charge in [-0.05, 0) is 24.3 Å². The summed E-state index contributed by atoms with van der Waals surface area (Å²) in [4.78, 5) is 16.1. The number of nitrogens with zero attached hydrogens (tertiary/aromatic N) is 2. The van der Waals surface area contributed by atoms with Crippen LogP contribution in [-0.2, 0) is 18.4 Å². The van der Waals surface area contributed by atoms with E-state index in [9.17, 15) is 4.79 Å². The smallest absolute Gasteiger partial charge is 0.258 e. The van der Waals surface area contributed by atoms with Gasteiger partial charge in [-0.1, -0.05) is 12.2 Å². The van der Waals surface area contributed by atoms with Crippen molar-refractivity contribution in [2.24, 2.45) is 12.8 Å². The van der Waals surface area contributed by atoms with Crippen LogP contribution in [0, 0.1) is 0 Å². The van der Waals surface area contributed by atoms with Gasteiger partial charge in [-0.3, -0.25) is 4.79 Å². The lowest BCUT2D eigenvalue weighted by Crippen LogP contribution is -2.29. The number of hydrogen-bond acceptors (Lipinski definition) is 4. The maximum atomic E-state index is 11.7. The molecule has 0 aliphatic rings. The zero-order valence-corrected chi connectivity index (χ0v) is 12.4. The molecule has 0 radical (unpaired) electrons. The van der Waals surface area contributed by atoms with Gasteiger partial charge >= 0.3 is 0 Å². The summed E-state index contributed by atoms with van der Waals surface area (Å²) in [6.45, 7) is 0.308. The Morgan fingerprint density at radius 1 is 1.43 bits per heavy atom. The minimum atomic E-state index is -0.212. The zero-order valence-electron chi connectivity index (χ0n) is 11.6. The molecular formula is C14H16N4O2S. The Morgan fingerprint density at radius 3 is 2.71 bits per heavy atom. The number of rotatable bonds is 6. The summed E-state index contributed by atoms with van der Waals surface area (Å²) in [5.41, 5.74) is 6.26. The summed E-state index contributed by atoms with van der Waals surface area (Å²) < 4.78 is 7.22. The van der Waals surface area contributed by atoms with Gasteiger partial charge in [-0.15, -0.1) is 0 Å². The van der Waals surface area contributed by atoms with Crippen molar-refractivity contribution in [1.82, 2.24) is 14.9 Å². The topological polar surface area (TPSA) is 82.2 Å². The lowest BCUT2D eigenvalue weighted by Gasteiger charge is -2.08. The third-order valence-corrected chi connectivity index (χ3v) is 3.11. The summed E-state index contributed by atoms with van der Waals surface area (Å²) in [6, 6.07) is 6.95. The van der Waals surface area contributed by atoms with Gasteiger partial charge in [0.1, 0.15) is 16.6 Å². The van der Waals surface area contributed by atoms with Crippen LogP contribution in [0.4, 0.5) is 0 Å². The highest BCUT2D eigenvalue weighted by Crippen LogP contribution is 2.11. The van der Waals surface area contributed by atoms with E-state index >= 15 is 0 Å². The molecule has 0 unspecified atom stereocenters. The van der Waals surface area contributed by atoms with Crippen molar-refractivity contribution in [3.8, 4) is 5.75 Å². The molecule has 7 heteroatoms. The maximum Gasteiger partial charge on any atom is 0.258 e. The predicted octanol–water partition coefficient (Wildman–Crippen LogP) is 0.749. The highest BCUT2D eigenvalue weighted by Gasteiger charge is 2.05. The molecule has 0 atom stereocenters. The van der Waals surface area contributed by atoms with Crippen LogP contribution >= 0.6 is 12.2 Å². The molecule has 2 aromatic rings. The van der Waals surface area contributed by atoms with E-state index in [0.717, 1.165) is 11.4 Å². The monoisotopic (exact) mass is 304 g/mol. The van der Waals surface area contributed by atoms with Crippen LogP contribution < -0.4 is 15.8 Å². The minimum Gasteiger partial charge on any atom is -0.484 e. The maximum absolute atomic E-state index is 11.7. The molecule has 0 saturated carbocycles. The number of aromatic nitrogens is 2. The molecule has 1 amide bonds. The number of aryl methyl sites for hydroxylation is 1. The first-order valence-corrected chi connectivity index (χ1v) is 6.72. The number of amides is 1. The SMILES string of the molecule is Cn1ccnc1CNC(=O)COc1ccc(C(N)=S)cc1. The number of nitrogens with one attached hydrogen (secondary N) is 1. The molecule has 110 valence electrons. The van der Waals surface area contributed by atoms with Crippen LogP contribution in [0.3, 0.4) is 0 Å². The zero-order chi connectivity index (χ0) is 15.2. The van der Waals surface area contributed by atoms with Gasteiger partial charge in [-0.25, -0.2) is 4.98 Å². The Labute approximate surface area is 127 Å². The van der Waals surface area contributed by atoms with E-state index in [4.69, 9.17) is 22.7 Å². The molecule has 3 N–H and O–H groups in total. The molecule has 6 nitrogen and oxygen atoms in total. The molecule has 0 spiro atoms. The van der Waals surface area contributed by atoms with Crippen molar-refractivity contribution in [3.05, 3.63) is 48.0 Å². The molecule has 1 aromatic heterocycles. The van der Waals surface area contributed by atoms with Gasteiger partial charge in [0.05, 0.1) is 6.54 Å². The van der Waals surface area contributed by atoms with Gasteiger partial charge in [0.25, 0.3) is 5.91 Å². The lowest BCUT2D eigenvalue weighted by molar-refractivity contribution is -0.123. The van der Waals surface area contributed by atoms with E-state index in [-0.39, 0.29) is 12.5 Å². The van der Waals surface area contributed by atoms with Crippen molar-refractivity contribution in [3.63, 3.8) is 0 Å².